The van der Waals surface area contributed by atoms with Crippen LogP contribution in [0.2, 0.25) is 0 Å². The zero-order chi connectivity index (χ0) is 13.1. The van der Waals surface area contributed by atoms with Crippen molar-refractivity contribution in [3.8, 4) is 6.07 Å². The Labute approximate surface area is 112 Å². The number of hydrogen-bond donors (Lipinski definition) is 0. The first-order chi connectivity index (χ1) is 8.67. The molecule has 94 valence electrons. The van der Waals surface area contributed by atoms with E-state index >= 15 is 0 Å². The van der Waals surface area contributed by atoms with Crippen LogP contribution in [0.25, 0.3) is 0 Å². The summed E-state index contributed by atoms with van der Waals surface area (Å²) >= 11 is 1.65. The Morgan fingerprint density at radius 1 is 1.50 bits per heavy atom. The number of rotatable bonds is 4. The summed E-state index contributed by atoms with van der Waals surface area (Å²) in [6, 6.07) is 2.31. The van der Waals surface area contributed by atoms with Crippen molar-refractivity contribution in [1.82, 2.24) is 9.55 Å². The maximum Gasteiger partial charge on any atom is 0.112 e. The largest absolute Gasteiger partial charge is 0.343 e. The van der Waals surface area contributed by atoms with Crippen molar-refractivity contribution in [2.24, 2.45) is 0 Å². The Hall–Kier alpha value is -1.60. The van der Waals surface area contributed by atoms with E-state index in [4.69, 9.17) is 0 Å². The molecule has 18 heavy (non-hydrogen) atoms. The van der Waals surface area contributed by atoms with Crippen LogP contribution in [0.15, 0.2) is 17.8 Å². The molecular formula is C14H17N3S. The summed E-state index contributed by atoms with van der Waals surface area (Å²) < 4.78 is 2.17. The number of nitrogens with zero attached hydrogens (tertiary/aromatic N) is 3. The molecule has 0 unspecified atom stereocenters. The minimum absolute atomic E-state index is 0.382. The van der Waals surface area contributed by atoms with Crippen LogP contribution in [0.5, 0.6) is 0 Å². The Morgan fingerprint density at radius 2 is 2.28 bits per heavy atom. The van der Waals surface area contributed by atoms with Gasteiger partial charge in [-0.25, -0.2) is 4.98 Å². The average molecular weight is 259 g/mol. The van der Waals surface area contributed by atoms with E-state index in [1.54, 1.807) is 11.3 Å². The van der Waals surface area contributed by atoms with Gasteiger partial charge in [0.05, 0.1) is 12.1 Å². The highest BCUT2D eigenvalue weighted by Gasteiger charge is 2.17. The SMILES string of the molecule is CCc1c(C(C)C)c(C#N)cn1Cc1nccs1. The van der Waals surface area contributed by atoms with E-state index in [1.807, 2.05) is 17.8 Å². The van der Waals surface area contributed by atoms with Gasteiger partial charge in [-0.2, -0.15) is 5.26 Å². The number of nitriles is 1. The van der Waals surface area contributed by atoms with Gasteiger partial charge in [-0.1, -0.05) is 20.8 Å². The predicted octanol–water partition coefficient (Wildman–Crippen LogP) is 3.55. The Kier molecular flexibility index (Phi) is 3.83. The van der Waals surface area contributed by atoms with Crippen LogP contribution in [0, 0.1) is 11.3 Å². The molecule has 0 amide bonds. The van der Waals surface area contributed by atoms with Crippen LogP contribution in [0.3, 0.4) is 0 Å². The summed E-state index contributed by atoms with van der Waals surface area (Å²) in [4.78, 5) is 4.31. The van der Waals surface area contributed by atoms with Crippen LogP contribution in [-0.2, 0) is 13.0 Å². The van der Waals surface area contributed by atoms with Gasteiger partial charge in [0, 0.05) is 23.5 Å². The third-order valence-corrected chi connectivity index (χ3v) is 3.82. The average Bonchev–Trinajstić information content (AvgIpc) is 2.96. The zero-order valence-electron chi connectivity index (χ0n) is 11.0. The molecule has 0 fully saturated rings. The normalized spacial score (nSPS) is 10.8. The van der Waals surface area contributed by atoms with E-state index in [1.165, 1.54) is 11.3 Å². The maximum absolute atomic E-state index is 9.25. The van der Waals surface area contributed by atoms with Gasteiger partial charge in [-0.05, 0) is 17.9 Å². The highest BCUT2D eigenvalue weighted by atomic mass is 32.1. The first-order valence-electron chi connectivity index (χ1n) is 6.17. The third kappa shape index (κ3) is 2.32. The van der Waals surface area contributed by atoms with Gasteiger partial charge >= 0.3 is 0 Å². The van der Waals surface area contributed by atoms with Gasteiger partial charge in [-0.3, -0.25) is 0 Å². The molecule has 0 saturated heterocycles. The van der Waals surface area contributed by atoms with E-state index in [2.05, 4.69) is 36.4 Å². The van der Waals surface area contributed by atoms with Crippen molar-refractivity contribution >= 4 is 11.3 Å². The van der Waals surface area contributed by atoms with Crippen LogP contribution >= 0.6 is 11.3 Å². The lowest BCUT2D eigenvalue weighted by molar-refractivity contribution is 0.726. The summed E-state index contributed by atoms with van der Waals surface area (Å²) in [5.41, 5.74) is 3.26. The Bertz CT molecular complexity index is 559. The van der Waals surface area contributed by atoms with E-state index in [9.17, 15) is 5.26 Å². The summed E-state index contributed by atoms with van der Waals surface area (Å²) in [5.74, 6) is 0.382. The molecule has 0 radical (unpaired) electrons. The standard InChI is InChI=1S/C14H17N3S/c1-4-12-14(10(2)3)11(7-15)8-17(12)9-13-16-5-6-18-13/h5-6,8,10H,4,9H2,1-3H3. The summed E-state index contributed by atoms with van der Waals surface area (Å²) in [7, 11) is 0. The summed E-state index contributed by atoms with van der Waals surface area (Å²) in [6.07, 6.45) is 4.74. The number of aromatic nitrogens is 2. The first-order valence-corrected chi connectivity index (χ1v) is 7.05. The van der Waals surface area contributed by atoms with Crippen LogP contribution in [0.4, 0.5) is 0 Å². The lowest BCUT2D eigenvalue weighted by Crippen LogP contribution is -2.04. The van der Waals surface area contributed by atoms with Crippen LogP contribution in [0.1, 0.15) is 48.5 Å². The fourth-order valence-electron chi connectivity index (χ4n) is 2.36. The van der Waals surface area contributed by atoms with E-state index in [-0.39, 0.29) is 0 Å². The van der Waals surface area contributed by atoms with Crippen molar-refractivity contribution in [3.05, 3.63) is 39.6 Å². The number of hydrogen-bond acceptors (Lipinski definition) is 3. The maximum atomic E-state index is 9.25. The van der Waals surface area contributed by atoms with Crippen molar-refractivity contribution < 1.29 is 0 Å². The summed E-state index contributed by atoms with van der Waals surface area (Å²) in [6.45, 7) is 7.19. The molecule has 0 aliphatic carbocycles. The van der Waals surface area contributed by atoms with E-state index in [0.717, 1.165) is 23.5 Å². The van der Waals surface area contributed by atoms with Crippen molar-refractivity contribution in [2.45, 2.75) is 39.7 Å². The third-order valence-electron chi connectivity index (χ3n) is 3.05. The van der Waals surface area contributed by atoms with Crippen LogP contribution < -0.4 is 0 Å². The van der Waals surface area contributed by atoms with E-state index in [0.29, 0.717) is 5.92 Å². The molecule has 0 aromatic carbocycles. The van der Waals surface area contributed by atoms with Gasteiger partial charge in [0.25, 0.3) is 0 Å². The molecule has 0 N–H and O–H groups in total. The minimum Gasteiger partial charge on any atom is -0.343 e. The molecule has 0 bridgehead atoms. The molecule has 2 heterocycles. The molecule has 2 aromatic heterocycles. The second kappa shape index (κ2) is 5.36. The molecule has 2 rings (SSSR count). The molecular weight excluding hydrogens is 242 g/mol. The number of thiazole rings is 1. The van der Waals surface area contributed by atoms with E-state index < -0.39 is 0 Å². The molecule has 4 heteroatoms. The van der Waals surface area contributed by atoms with Gasteiger partial charge in [0.15, 0.2) is 0 Å². The predicted molar refractivity (Wildman–Crippen MR) is 73.8 cm³/mol. The van der Waals surface area contributed by atoms with Crippen LogP contribution in [-0.4, -0.2) is 9.55 Å². The lowest BCUT2D eigenvalue weighted by atomic mass is 9.98. The molecule has 0 atom stereocenters. The highest BCUT2D eigenvalue weighted by Crippen LogP contribution is 2.27. The molecule has 0 spiro atoms. The molecule has 0 aliphatic rings. The van der Waals surface area contributed by atoms with Crippen molar-refractivity contribution in [3.63, 3.8) is 0 Å². The zero-order valence-corrected chi connectivity index (χ0v) is 11.8. The van der Waals surface area contributed by atoms with Gasteiger partial charge in [0.1, 0.15) is 11.1 Å². The minimum atomic E-state index is 0.382. The molecule has 0 aliphatic heterocycles. The fourth-order valence-corrected chi connectivity index (χ4v) is 2.97. The lowest BCUT2D eigenvalue weighted by Gasteiger charge is -2.10. The monoisotopic (exact) mass is 259 g/mol. The van der Waals surface area contributed by atoms with Crippen molar-refractivity contribution in [1.29, 1.82) is 5.26 Å². The Morgan fingerprint density at radius 3 is 2.78 bits per heavy atom. The summed E-state index contributed by atoms with van der Waals surface area (Å²) in [5, 5.41) is 12.3. The second-order valence-corrected chi connectivity index (χ2v) is 5.56. The van der Waals surface area contributed by atoms with Gasteiger partial charge < -0.3 is 4.57 Å². The second-order valence-electron chi connectivity index (χ2n) is 4.58. The van der Waals surface area contributed by atoms with Crippen molar-refractivity contribution in [2.75, 3.05) is 0 Å². The first kappa shape index (κ1) is 12.8. The molecule has 3 nitrogen and oxygen atoms in total. The smallest absolute Gasteiger partial charge is 0.112 e. The fraction of sp³-hybridized carbons (Fsp3) is 0.429. The quantitative estimate of drug-likeness (QED) is 0.842. The highest BCUT2D eigenvalue weighted by molar-refractivity contribution is 7.09. The Balaban J connectivity index is 2.45. The molecule has 0 saturated carbocycles. The molecule has 2 aromatic rings. The van der Waals surface area contributed by atoms with Gasteiger partial charge in [-0.15, -0.1) is 11.3 Å². The topological polar surface area (TPSA) is 41.6 Å². The van der Waals surface area contributed by atoms with Gasteiger partial charge in [0.2, 0.25) is 0 Å².